The number of aliphatic imine (C=N–C) groups is 1. The van der Waals surface area contributed by atoms with E-state index in [9.17, 15) is 4.79 Å². The topological polar surface area (TPSA) is 113 Å². The van der Waals surface area contributed by atoms with Crippen LogP contribution in [0.2, 0.25) is 0 Å². The second-order valence-electron chi connectivity index (χ2n) is 6.86. The highest BCUT2D eigenvalue weighted by Crippen LogP contribution is 2.24. The number of amidine groups is 1. The quantitative estimate of drug-likeness (QED) is 0.416. The van der Waals surface area contributed by atoms with E-state index in [0.717, 1.165) is 43.1 Å². The Bertz CT molecular complexity index is 857. The molecule has 2 aromatic rings. The van der Waals surface area contributed by atoms with E-state index in [-0.39, 0.29) is 11.9 Å². The van der Waals surface area contributed by atoms with Gasteiger partial charge in [0.05, 0.1) is 0 Å². The largest absolute Gasteiger partial charge is 0.412 e. The number of amides is 1. The summed E-state index contributed by atoms with van der Waals surface area (Å²) in [5.74, 6) is 0.690. The summed E-state index contributed by atoms with van der Waals surface area (Å²) in [4.78, 5) is 20.2. The second-order valence-corrected chi connectivity index (χ2v) is 6.86. The van der Waals surface area contributed by atoms with Gasteiger partial charge in [-0.25, -0.2) is 9.79 Å². The van der Waals surface area contributed by atoms with Crippen LogP contribution in [0.15, 0.2) is 47.7 Å². The van der Waals surface area contributed by atoms with Gasteiger partial charge >= 0.3 is 6.09 Å². The molecule has 0 atom stereocenters. The molecule has 1 aromatic carbocycles. The van der Waals surface area contributed by atoms with Crippen LogP contribution in [0, 0.1) is 5.41 Å². The van der Waals surface area contributed by atoms with Crippen molar-refractivity contribution in [2.45, 2.75) is 44.6 Å². The van der Waals surface area contributed by atoms with Crippen molar-refractivity contribution in [2.24, 2.45) is 10.7 Å². The normalized spacial score (nSPS) is 15.5. The van der Waals surface area contributed by atoms with Gasteiger partial charge in [0.1, 0.15) is 17.9 Å². The molecule has 0 bridgehead atoms. The maximum atomic E-state index is 12.3. The third-order valence-electron chi connectivity index (χ3n) is 4.79. The van der Waals surface area contributed by atoms with Crippen LogP contribution in [0.25, 0.3) is 11.1 Å². The highest BCUT2D eigenvalue weighted by molar-refractivity contribution is 6.01. The van der Waals surface area contributed by atoms with Crippen LogP contribution in [0.5, 0.6) is 5.75 Å². The van der Waals surface area contributed by atoms with Crippen LogP contribution >= 0.6 is 0 Å². The summed E-state index contributed by atoms with van der Waals surface area (Å²) in [6.45, 7) is 0. The van der Waals surface area contributed by atoms with Crippen molar-refractivity contribution in [3.05, 3.63) is 48.3 Å². The Morgan fingerprint density at radius 1 is 1.18 bits per heavy atom. The number of aromatic nitrogens is 1. The van der Waals surface area contributed by atoms with Crippen molar-refractivity contribution in [1.29, 1.82) is 5.41 Å². The first-order valence-electron chi connectivity index (χ1n) is 9.52. The highest BCUT2D eigenvalue weighted by atomic mass is 16.6. The van der Waals surface area contributed by atoms with Gasteiger partial charge < -0.3 is 15.8 Å². The van der Waals surface area contributed by atoms with Gasteiger partial charge in [-0.05, 0) is 36.6 Å². The zero-order valence-corrected chi connectivity index (χ0v) is 15.7. The number of carbonyl (C=O) groups is 1. The van der Waals surface area contributed by atoms with Gasteiger partial charge in [-0.15, -0.1) is 0 Å². The molecule has 1 saturated carbocycles. The van der Waals surface area contributed by atoms with Crippen molar-refractivity contribution in [3.8, 4) is 16.9 Å². The molecule has 1 aliphatic rings. The average Bonchev–Trinajstić information content (AvgIpc) is 2.97. The van der Waals surface area contributed by atoms with E-state index in [2.05, 4.69) is 15.3 Å². The molecule has 0 spiro atoms. The fraction of sp³-hybridized carbons (Fsp3) is 0.333. The molecule has 7 heteroatoms. The molecule has 1 heterocycles. The second kappa shape index (κ2) is 9.64. The molecule has 1 aliphatic carbocycles. The minimum absolute atomic E-state index is 0.190. The molecule has 0 saturated heterocycles. The van der Waals surface area contributed by atoms with E-state index in [1.54, 1.807) is 24.5 Å². The predicted octanol–water partition coefficient (Wildman–Crippen LogP) is 3.87. The average molecular weight is 379 g/mol. The Kier molecular flexibility index (Phi) is 6.73. The van der Waals surface area contributed by atoms with E-state index in [4.69, 9.17) is 15.9 Å². The van der Waals surface area contributed by atoms with Crippen molar-refractivity contribution < 1.29 is 9.53 Å². The number of nitrogens with two attached hydrogens (primary N) is 1. The monoisotopic (exact) mass is 379 g/mol. The fourth-order valence-corrected chi connectivity index (χ4v) is 3.35. The van der Waals surface area contributed by atoms with Crippen LogP contribution in [0.1, 0.15) is 44.1 Å². The number of ether oxygens (including phenoxy) is 1. The summed E-state index contributed by atoms with van der Waals surface area (Å²) in [7, 11) is 0. The molecule has 7 nitrogen and oxygen atoms in total. The Labute approximate surface area is 164 Å². The zero-order valence-electron chi connectivity index (χ0n) is 15.7. The Morgan fingerprint density at radius 3 is 2.71 bits per heavy atom. The summed E-state index contributed by atoms with van der Waals surface area (Å²) >= 11 is 0. The lowest BCUT2D eigenvalue weighted by molar-refractivity contribution is 0.194. The van der Waals surface area contributed by atoms with Crippen molar-refractivity contribution in [3.63, 3.8) is 0 Å². The molecule has 0 aliphatic heterocycles. The van der Waals surface area contributed by atoms with Gasteiger partial charge in [0.15, 0.2) is 0 Å². The van der Waals surface area contributed by atoms with Gasteiger partial charge in [-0.3, -0.25) is 10.4 Å². The predicted molar refractivity (Wildman–Crippen MR) is 110 cm³/mol. The number of nitrogens with one attached hydrogen (secondary N) is 2. The first kappa shape index (κ1) is 19.5. The number of benzene rings is 1. The molecule has 0 radical (unpaired) electrons. The number of carbonyl (C=O) groups excluding carboxylic acids is 1. The number of nitrogens with zero attached hydrogens (tertiary/aromatic N) is 2. The maximum absolute atomic E-state index is 12.3. The third-order valence-corrected chi connectivity index (χ3v) is 4.79. The lowest BCUT2D eigenvalue weighted by Gasteiger charge is -2.16. The first-order valence-corrected chi connectivity index (χ1v) is 9.52. The van der Waals surface area contributed by atoms with Crippen LogP contribution in [0.4, 0.5) is 4.79 Å². The van der Waals surface area contributed by atoms with E-state index in [1.807, 2.05) is 18.2 Å². The molecule has 28 heavy (non-hydrogen) atoms. The summed E-state index contributed by atoms with van der Waals surface area (Å²) in [5, 5.41) is 10.0. The lowest BCUT2D eigenvalue weighted by atomic mass is 10.1. The molecule has 1 fully saturated rings. The van der Waals surface area contributed by atoms with Crippen molar-refractivity contribution in [1.82, 2.24) is 10.3 Å². The molecule has 4 N–H and O–H groups in total. The summed E-state index contributed by atoms with van der Waals surface area (Å²) < 4.78 is 5.49. The highest BCUT2D eigenvalue weighted by Gasteiger charge is 2.16. The molecular weight excluding hydrogens is 354 g/mol. The van der Waals surface area contributed by atoms with E-state index in [1.165, 1.54) is 12.8 Å². The number of rotatable bonds is 5. The van der Waals surface area contributed by atoms with E-state index >= 15 is 0 Å². The minimum atomic E-state index is -0.418. The molecule has 3 rings (SSSR count). The zero-order chi connectivity index (χ0) is 19.8. The molecule has 146 valence electrons. The number of hydrogen-bond donors (Lipinski definition) is 3. The first-order chi connectivity index (χ1) is 13.7. The summed E-state index contributed by atoms with van der Waals surface area (Å²) in [6.07, 6.45) is 10.5. The number of hydrogen-bond acceptors (Lipinski definition) is 4. The fourth-order valence-electron chi connectivity index (χ4n) is 3.35. The standard InChI is InChI=1S/C21H25N5O2/c22-14-25-20(23)17-10-16(12-24-13-17)15-6-5-9-19(11-15)28-21(27)26-18-7-3-1-2-4-8-18/h5-6,9-14,18H,1-4,7-8H2,(H,26,27)(H3,22,23,25). The van der Waals surface area contributed by atoms with E-state index < -0.39 is 6.09 Å². The van der Waals surface area contributed by atoms with Crippen molar-refractivity contribution >= 4 is 18.3 Å². The summed E-state index contributed by atoms with van der Waals surface area (Å²) in [5.41, 5.74) is 8.11. The Balaban J connectivity index is 1.70. The SMILES string of the molecule is N=CN=C(N)c1cncc(-c2cccc(OC(=O)NC3CCCCCC3)c2)c1. The van der Waals surface area contributed by atoms with Crippen LogP contribution in [0.3, 0.4) is 0 Å². The lowest BCUT2D eigenvalue weighted by Crippen LogP contribution is -2.36. The van der Waals surface area contributed by atoms with Crippen LogP contribution in [-0.4, -0.2) is 29.3 Å². The molecule has 0 unspecified atom stereocenters. The van der Waals surface area contributed by atoms with Gasteiger partial charge in [0.25, 0.3) is 0 Å². The molecule has 1 aromatic heterocycles. The van der Waals surface area contributed by atoms with Crippen molar-refractivity contribution in [2.75, 3.05) is 0 Å². The van der Waals surface area contributed by atoms with Crippen LogP contribution in [-0.2, 0) is 0 Å². The maximum Gasteiger partial charge on any atom is 0.412 e. The third kappa shape index (κ3) is 5.39. The Morgan fingerprint density at radius 2 is 1.96 bits per heavy atom. The Hall–Kier alpha value is -3.22. The minimum Gasteiger partial charge on any atom is -0.410 e. The van der Waals surface area contributed by atoms with Gasteiger partial charge in [-0.1, -0.05) is 37.8 Å². The smallest absolute Gasteiger partial charge is 0.410 e. The van der Waals surface area contributed by atoms with Gasteiger partial charge in [0.2, 0.25) is 0 Å². The molecule has 1 amide bonds. The number of pyridine rings is 1. The van der Waals surface area contributed by atoms with Gasteiger partial charge in [0, 0.05) is 29.6 Å². The van der Waals surface area contributed by atoms with E-state index in [0.29, 0.717) is 11.3 Å². The van der Waals surface area contributed by atoms with Gasteiger partial charge in [-0.2, -0.15) is 0 Å². The van der Waals surface area contributed by atoms with Crippen LogP contribution < -0.4 is 15.8 Å². The summed E-state index contributed by atoms with van der Waals surface area (Å²) in [6, 6.07) is 9.29. The molecular formula is C21H25N5O2.